The average molecular weight is 337 g/mol. The minimum absolute atomic E-state index is 0.0753. The van der Waals surface area contributed by atoms with Gasteiger partial charge in [0.2, 0.25) is 5.91 Å². The van der Waals surface area contributed by atoms with E-state index in [2.05, 4.69) is 15.5 Å². The molecule has 1 saturated heterocycles. The van der Waals surface area contributed by atoms with Crippen LogP contribution in [0.5, 0.6) is 5.75 Å². The zero-order valence-corrected chi connectivity index (χ0v) is 14.4. The van der Waals surface area contributed by atoms with Gasteiger partial charge in [-0.1, -0.05) is 24.3 Å². The van der Waals surface area contributed by atoms with Crippen molar-refractivity contribution in [3.05, 3.63) is 53.6 Å². The van der Waals surface area contributed by atoms with Crippen molar-refractivity contribution < 1.29 is 9.90 Å². The van der Waals surface area contributed by atoms with Crippen molar-refractivity contribution in [1.29, 1.82) is 0 Å². The maximum Gasteiger partial charge on any atom is 0.250 e. The second kappa shape index (κ2) is 6.08. The van der Waals surface area contributed by atoms with Crippen LogP contribution in [0.15, 0.2) is 42.5 Å². The minimum atomic E-state index is -0.504. The van der Waals surface area contributed by atoms with Gasteiger partial charge < -0.3 is 15.7 Å². The Morgan fingerprint density at radius 3 is 2.56 bits per heavy atom. The molecule has 130 valence electrons. The van der Waals surface area contributed by atoms with Gasteiger partial charge in [-0.15, -0.1) is 0 Å². The maximum atomic E-state index is 12.7. The van der Waals surface area contributed by atoms with Gasteiger partial charge in [0, 0.05) is 19.6 Å². The van der Waals surface area contributed by atoms with Crippen molar-refractivity contribution in [2.24, 2.45) is 0 Å². The number of rotatable bonds is 2. The van der Waals surface area contributed by atoms with Crippen LogP contribution in [0.25, 0.3) is 0 Å². The summed E-state index contributed by atoms with van der Waals surface area (Å²) in [6.07, 6.45) is 1.56. The summed E-state index contributed by atoms with van der Waals surface area (Å²) in [5.41, 5.74) is 3.45. The summed E-state index contributed by atoms with van der Waals surface area (Å²) in [5.74, 6) is 0.411. The molecule has 1 amide bonds. The fourth-order valence-corrected chi connectivity index (χ4v) is 3.78. The number of nitrogens with zero attached hydrogens (tertiary/aromatic N) is 1. The molecule has 3 N–H and O–H groups in total. The molecule has 0 bridgehead atoms. The molecule has 2 aromatic rings. The van der Waals surface area contributed by atoms with Crippen molar-refractivity contribution in [2.45, 2.75) is 31.8 Å². The van der Waals surface area contributed by atoms with Crippen molar-refractivity contribution >= 4 is 17.3 Å². The summed E-state index contributed by atoms with van der Waals surface area (Å²) in [4.78, 5) is 15.0. The Balaban J connectivity index is 1.44. The van der Waals surface area contributed by atoms with Crippen LogP contribution in [0.4, 0.5) is 11.4 Å². The average Bonchev–Trinajstić information content (AvgIpc) is 2.61. The van der Waals surface area contributed by atoms with E-state index in [1.807, 2.05) is 43.3 Å². The predicted octanol–water partition coefficient (Wildman–Crippen LogP) is 3.10. The summed E-state index contributed by atoms with van der Waals surface area (Å²) >= 11 is 0. The van der Waals surface area contributed by atoms with E-state index in [0.29, 0.717) is 5.75 Å². The standard InChI is InChI=1S/C20H23N3O2/c1-14-12-15(6-7-18(14)24)13-23-10-8-20(9-11-23)19(25)21-16-4-2-3-5-17(16)22-20/h2-7,12,22,24H,8-11,13H2,1H3,(H,21,25). The highest BCUT2D eigenvalue weighted by Gasteiger charge is 2.44. The van der Waals surface area contributed by atoms with Gasteiger partial charge in [-0.05, 0) is 49.1 Å². The Hall–Kier alpha value is -2.53. The zero-order valence-electron chi connectivity index (χ0n) is 14.4. The predicted molar refractivity (Wildman–Crippen MR) is 98.8 cm³/mol. The number of para-hydroxylation sites is 2. The number of nitrogens with one attached hydrogen (secondary N) is 2. The SMILES string of the molecule is Cc1cc(CN2CCC3(CC2)Nc2ccccc2NC3=O)ccc1O. The number of anilines is 2. The van der Waals surface area contributed by atoms with Gasteiger partial charge in [0.25, 0.3) is 0 Å². The molecule has 25 heavy (non-hydrogen) atoms. The Morgan fingerprint density at radius 1 is 1.12 bits per heavy atom. The third kappa shape index (κ3) is 2.96. The van der Waals surface area contributed by atoms with Gasteiger partial charge in [-0.3, -0.25) is 9.69 Å². The minimum Gasteiger partial charge on any atom is -0.508 e. The molecule has 0 unspecified atom stereocenters. The quantitative estimate of drug-likeness (QED) is 0.788. The van der Waals surface area contributed by atoms with Crippen molar-refractivity contribution in [1.82, 2.24) is 4.90 Å². The van der Waals surface area contributed by atoms with E-state index in [0.717, 1.165) is 49.4 Å². The number of carbonyl (C=O) groups excluding carboxylic acids is 1. The lowest BCUT2D eigenvalue weighted by molar-refractivity contribution is -0.122. The molecule has 0 radical (unpaired) electrons. The molecule has 0 saturated carbocycles. The van der Waals surface area contributed by atoms with Crippen LogP contribution >= 0.6 is 0 Å². The molecule has 0 aromatic heterocycles. The van der Waals surface area contributed by atoms with Gasteiger partial charge >= 0.3 is 0 Å². The molecule has 4 rings (SSSR count). The second-order valence-electron chi connectivity index (χ2n) is 7.10. The van der Waals surface area contributed by atoms with E-state index in [1.165, 1.54) is 5.56 Å². The number of fused-ring (bicyclic) bond motifs is 1. The normalized spacial score (nSPS) is 19.2. The van der Waals surface area contributed by atoms with E-state index >= 15 is 0 Å². The molecule has 2 heterocycles. The number of carbonyl (C=O) groups is 1. The Morgan fingerprint density at radius 2 is 1.84 bits per heavy atom. The number of benzene rings is 2. The van der Waals surface area contributed by atoms with Crippen LogP contribution in [0.2, 0.25) is 0 Å². The van der Waals surface area contributed by atoms with Crippen molar-refractivity contribution in [2.75, 3.05) is 23.7 Å². The molecule has 2 aliphatic rings. The maximum absolute atomic E-state index is 12.7. The first-order valence-corrected chi connectivity index (χ1v) is 8.75. The van der Waals surface area contributed by atoms with E-state index in [9.17, 15) is 9.90 Å². The number of amides is 1. The summed E-state index contributed by atoms with van der Waals surface area (Å²) in [7, 11) is 0. The number of hydrogen-bond acceptors (Lipinski definition) is 4. The second-order valence-corrected chi connectivity index (χ2v) is 7.10. The molecular formula is C20H23N3O2. The van der Waals surface area contributed by atoms with Crippen LogP contribution in [0.3, 0.4) is 0 Å². The van der Waals surface area contributed by atoms with Gasteiger partial charge in [0.05, 0.1) is 11.4 Å². The largest absolute Gasteiger partial charge is 0.508 e. The van der Waals surface area contributed by atoms with E-state index in [1.54, 1.807) is 6.07 Å². The van der Waals surface area contributed by atoms with E-state index < -0.39 is 5.54 Å². The summed E-state index contributed by atoms with van der Waals surface area (Å²) in [6.45, 7) is 4.48. The van der Waals surface area contributed by atoms with Gasteiger partial charge in [0.1, 0.15) is 11.3 Å². The third-order valence-electron chi connectivity index (χ3n) is 5.36. The molecule has 2 aliphatic heterocycles. The lowest BCUT2D eigenvalue weighted by Crippen LogP contribution is -2.58. The first kappa shape index (κ1) is 16.0. The molecule has 1 fully saturated rings. The Kier molecular flexibility index (Phi) is 3.88. The van der Waals surface area contributed by atoms with Gasteiger partial charge in [-0.2, -0.15) is 0 Å². The lowest BCUT2D eigenvalue weighted by atomic mass is 9.84. The van der Waals surface area contributed by atoms with Crippen molar-refractivity contribution in [3.8, 4) is 5.75 Å². The molecule has 0 atom stereocenters. The molecule has 1 spiro atoms. The van der Waals surface area contributed by atoms with Crippen molar-refractivity contribution in [3.63, 3.8) is 0 Å². The number of piperidine rings is 1. The number of aromatic hydroxyl groups is 1. The third-order valence-corrected chi connectivity index (χ3v) is 5.36. The highest BCUT2D eigenvalue weighted by Crippen LogP contribution is 2.36. The molecule has 0 aliphatic carbocycles. The summed E-state index contributed by atoms with van der Waals surface area (Å²) < 4.78 is 0. The fourth-order valence-electron chi connectivity index (χ4n) is 3.78. The van der Waals surface area contributed by atoms with E-state index in [-0.39, 0.29) is 5.91 Å². The van der Waals surface area contributed by atoms with Crippen LogP contribution in [-0.2, 0) is 11.3 Å². The summed E-state index contributed by atoms with van der Waals surface area (Å²) in [5, 5.41) is 16.2. The van der Waals surface area contributed by atoms with Gasteiger partial charge in [-0.25, -0.2) is 0 Å². The fraction of sp³-hybridized carbons (Fsp3) is 0.350. The van der Waals surface area contributed by atoms with E-state index in [4.69, 9.17) is 0 Å². The van der Waals surface area contributed by atoms with Crippen LogP contribution in [0.1, 0.15) is 24.0 Å². The first-order chi connectivity index (χ1) is 12.1. The highest BCUT2D eigenvalue weighted by atomic mass is 16.3. The number of aryl methyl sites for hydroxylation is 1. The molecule has 5 heteroatoms. The Bertz CT molecular complexity index is 810. The number of hydrogen-bond donors (Lipinski definition) is 3. The topological polar surface area (TPSA) is 64.6 Å². The van der Waals surface area contributed by atoms with Crippen LogP contribution < -0.4 is 10.6 Å². The summed E-state index contributed by atoms with van der Waals surface area (Å²) in [6, 6.07) is 13.6. The first-order valence-electron chi connectivity index (χ1n) is 8.75. The van der Waals surface area contributed by atoms with Gasteiger partial charge in [0.15, 0.2) is 0 Å². The molecule has 2 aromatic carbocycles. The number of phenols is 1. The van der Waals surface area contributed by atoms with Crippen LogP contribution in [-0.4, -0.2) is 34.5 Å². The highest BCUT2D eigenvalue weighted by molar-refractivity contribution is 6.06. The monoisotopic (exact) mass is 337 g/mol. The molecule has 5 nitrogen and oxygen atoms in total. The van der Waals surface area contributed by atoms with Crippen LogP contribution in [0, 0.1) is 6.92 Å². The smallest absolute Gasteiger partial charge is 0.250 e. The zero-order chi connectivity index (χ0) is 17.4. The Labute approximate surface area is 147 Å². The lowest BCUT2D eigenvalue weighted by Gasteiger charge is -2.44. The number of likely N-dealkylation sites (tertiary alicyclic amines) is 1. The number of phenolic OH excluding ortho intramolecular Hbond substituents is 1. The molecular weight excluding hydrogens is 314 g/mol.